The molecule has 2 saturated heterocycles. The summed E-state index contributed by atoms with van der Waals surface area (Å²) in [5.41, 5.74) is 5.92. The van der Waals surface area contributed by atoms with Crippen molar-refractivity contribution in [1.29, 1.82) is 0 Å². The van der Waals surface area contributed by atoms with Crippen LogP contribution in [-0.4, -0.2) is 57.8 Å². The molecular formula is C44H51ClN2O7. The number of halogens is 1. The smallest absolute Gasteiger partial charge is 0.303 e. The zero-order valence-corrected chi connectivity index (χ0v) is 31.4. The Morgan fingerprint density at radius 1 is 0.796 bits per heavy atom. The monoisotopic (exact) mass is 754 g/mol. The van der Waals surface area contributed by atoms with Gasteiger partial charge in [-0.1, -0.05) is 103 Å². The number of amides is 1. The summed E-state index contributed by atoms with van der Waals surface area (Å²) in [7, 11) is 0. The molecule has 1 amide bonds. The number of benzene rings is 4. The molecule has 54 heavy (non-hydrogen) atoms. The fraction of sp³-hybridized carbons (Fsp3) is 0.409. The summed E-state index contributed by atoms with van der Waals surface area (Å²) in [6, 6.07) is 31.8. The highest BCUT2D eigenvalue weighted by molar-refractivity contribution is 6.30. The summed E-state index contributed by atoms with van der Waals surface area (Å²) >= 11 is 6.10. The Balaban J connectivity index is 1.07. The number of aliphatic hydroxyl groups is 2. The number of likely N-dealkylation sites (tertiary alicyclic amines) is 1. The molecule has 4 N–H and O–H groups in total. The predicted octanol–water partition coefficient (Wildman–Crippen LogP) is 8.07. The van der Waals surface area contributed by atoms with Crippen LogP contribution in [-0.2, 0) is 37.8 Å². The van der Waals surface area contributed by atoms with Crippen molar-refractivity contribution in [1.82, 2.24) is 10.2 Å². The highest BCUT2D eigenvalue weighted by atomic mass is 35.5. The van der Waals surface area contributed by atoms with Gasteiger partial charge in [-0.25, -0.2) is 0 Å². The van der Waals surface area contributed by atoms with Gasteiger partial charge < -0.3 is 35.0 Å². The number of nitrogens with one attached hydrogen (secondary N) is 1. The molecule has 10 heteroatoms. The molecule has 286 valence electrons. The molecule has 4 aromatic carbocycles. The van der Waals surface area contributed by atoms with E-state index in [0.29, 0.717) is 43.7 Å². The Bertz CT molecular complexity index is 1810. The number of rotatable bonds is 16. The molecule has 3 atom stereocenters. The molecule has 2 fully saturated rings. The molecule has 6 rings (SSSR count). The van der Waals surface area contributed by atoms with E-state index in [1.807, 2.05) is 72.8 Å². The highest BCUT2D eigenvalue weighted by Gasteiger charge is 2.37. The van der Waals surface area contributed by atoms with E-state index in [9.17, 15) is 19.8 Å². The van der Waals surface area contributed by atoms with Gasteiger partial charge in [0.1, 0.15) is 0 Å². The summed E-state index contributed by atoms with van der Waals surface area (Å²) < 4.78 is 13.3. The molecule has 0 aromatic heterocycles. The van der Waals surface area contributed by atoms with Gasteiger partial charge in [-0.2, -0.15) is 0 Å². The number of hydrogen-bond acceptors (Lipinski definition) is 7. The van der Waals surface area contributed by atoms with Gasteiger partial charge in [-0.3, -0.25) is 9.59 Å². The Kier molecular flexibility index (Phi) is 13.9. The number of aliphatic carboxylic acids is 1. The van der Waals surface area contributed by atoms with E-state index < -0.39 is 17.9 Å². The zero-order chi connectivity index (χ0) is 37.9. The van der Waals surface area contributed by atoms with Crippen LogP contribution in [0.3, 0.4) is 0 Å². The minimum Gasteiger partial charge on any atom is -0.481 e. The van der Waals surface area contributed by atoms with Gasteiger partial charge in [0.15, 0.2) is 6.29 Å². The van der Waals surface area contributed by atoms with E-state index in [-0.39, 0.29) is 31.1 Å². The van der Waals surface area contributed by atoms with E-state index in [1.54, 1.807) is 0 Å². The van der Waals surface area contributed by atoms with Crippen LogP contribution in [0.15, 0.2) is 97.1 Å². The first kappa shape index (κ1) is 39.6. The number of carbonyl (C=O) groups excluding carboxylic acids is 1. The summed E-state index contributed by atoms with van der Waals surface area (Å²) in [6.45, 7) is 2.63. The first-order valence-electron chi connectivity index (χ1n) is 19.1. The maximum absolute atomic E-state index is 12.4. The number of carboxylic acid groups (broad SMARTS) is 1. The van der Waals surface area contributed by atoms with Crippen LogP contribution < -0.4 is 5.32 Å². The number of nitrogens with zero attached hydrogens (tertiary/aromatic N) is 1. The van der Waals surface area contributed by atoms with Crippen molar-refractivity contribution >= 4 is 23.5 Å². The first-order chi connectivity index (χ1) is 26.2. The summed E-state index contributed by atoms with van der Waals surface area (Å²) in [6.07, 6.45) is 4.72. The second-order valence-electron chi connectivity index (χ2n) is 14.6. The van der Waals surface area contributed by atoms with E-state index in [1.165, 1.54) is 0 Å². The maximum atomic E-state index is 12.4. The molecule has 0 spiro atoms. The molecule has 0 bridgehead atoms. The van der Waals surface area contributed by atoms with E-state index in [0.717, 1.165) is 77.8 Å². The number of piperidine rings is 1. The summed E-state index contributed by atoms with van der Waals surface area (Å²) in [5, 5.41) is 33.5. The van der Waals surface area contributed by atoms with Crippen LogP contribution in [0.5, 0.6) is 0 Å². The van der Waals surface area contributed by atoms with Gasteiger partial charge in [-0.05, 0) is 77.3 Å². The molecule has 0 radical (unpaired) electrons. The number of carbonyl (C=O) groups is 2. The Morgan fingerprint density at radius 2 is 1.48 bits per heavy atom. The van der Waals surface area contributed by atoms with Gasteiger partial charge >= 0.3 is 5.97 Å². The zero-order valence-electron chi connectivity index (χ0n) is 30.7. The average Bonchev–Trinajstić information content (AvgIpc) is 3.19. The first-order valence-corrected chi connectivity index (χ1v) is 19.4. The number of ether oxygens (including phenoxy) is 2. The van der Waals surface area contributed by atoms with Crippen molar-refractivity contribution in [2.45, 2.75) is 95.0 Å². The SMILES string of the molecule is O=C(O)CCCCCCC(=O)NCc1cccc(-c2ccc(C3OC(CN4CCC(O)(c5ccc(Cl)cc5)CC4)CC(c4ccc(CO)cc4)O3)cc2)c1. The molecule has 9 nitrogen and oxygen atoms in total. The van der Waals surface area contributed by atoms with Crippen molar-refractivity contribution < 1.29 is 34.4 Å². The molecule has 4 aromatic rings. The average molecular weight is 755 g/mol. The van der Waals surface area contributed by atoms with Crippen LogP contribution >= 0.6 is 11.6 Å². The number of carboxylic acids is 1. The third-order valence-corrected chi connectivity index (χ3v) is 10.9. The fourth-order valence-electron chi connectivity index (χ4n) is 7.37. The van der Waals surface area contributed by atoms with Crippen LogP contribution in [0.4, 0.5) is 0 Å². The van der Waals surface area contributed by atoms with Gasteiger partial charge in [-0.15, -0.1) is 0 Å². The third-order valence-electron chi connectivity index (χ3n) is 10.6. The predicted molar refractivity (Wildman–Crippen MR) is 209 cm³/mol. The molecule has 2 heterocycles. The lowest BCUT2D eigenvalue weighted by atomic mass is 9.84. The van der Waals surface area contributed by atoms with Gasteiger partial charge in [0, 0.05) is 56.0 Å². The molecule has 3 unspecified atom stereocenters. The Morgan fingerprint density at radius 3 is 2.17 bits per heavy atom. The van der Waals surface area contributed by atoms with Gasteiger partial charge in [0.05, 0.1) is 24.4 Å². The molecular weight excluding hydrogens is 704 g/mol. The minimum absolute atomic E-state index is 0.00356. The quantitative estimate of drug-likeness (QED) is 0.0846. The lowest BCUT2D eigenvalue weighted by Crippen LogP contribution is -2.46. The lowest BCUT2D eigenvalue weighted by molar-refractivity contribution is -0.253. The van der Waals surface area contributed by atoms with E-state index >= 15 is 0 Å². The largest absolute Gasteiger partial charge is 0.481 e. The van der Waals surface area contributed by atoms with Crippen molar-refractivity contribution in [2.75, 3.05) is 19.6 Å². The standard InChI is InChI=1S/C44H51ClN2O7/c45-38-20-18-37(19-21-38)44(52)22-24-47(25-23-44)29-39-27-40(34-12-10-31(30-48)11-13-34)54-43(53-39)35-16-14-33(15-17-35)36-7-5-6-32(26-36)28-46-41(49)8-3-1-2-4-9-42(50)51/h5-7,10-21,26,39-40,43,48,52H,1-4,8-9,22-25,27-30H2,(H,46,49)(H,50,51). The van der Waals surface area contributed by atoms with E-state index in [2.05, 4.69) is 34.5 Å². The van der Waals surface area contributed by atoms with E-state index in [4.69, 9.17) is 26.2 Å². The lowest BCUT2D eigenvalue weighted by Gasteiger charge is -2.42. The highest BCUT2D eigenvalue weighted by Crippen LogP contribution is 2.40. The molecule has 0 saturated carbocycles. The van der Waals surface area contributed by atoms with Crippen molar-refractivity contribution in [3.63, 3.8) is 0 Å². The fourth-order valence-corrected chi connectivity index (χ4v) is 7.50. The van der Waals surface area contributed by atoms with Gasteiger partial charge in [0.25, 0.3) is 0 Å². The van der Waals surface area contributed by atoms with Crippen molar-refractivity contribution in [3.8, 4) is 11.1 Å². The Labute approximate surface area is 322 Å². The van der Waals surface area contributed by atoms with Crippen LogP contribution in [0, 0.1) is 0 Å². The number of aliphatic hydroxyl groups excluding tert-OH is 1. The molecule has 0 aliphatic carbocycles. The summed E-state index contributed by atoms with van der Waals surface area (Å²) in [4.78, 5) is 25.4. The number of unbranched alkanes of at least 4 members (excludes halogenated alkanes) is 3. The van der Waals surface area contributed by atoms with Crippen molar-refractivity contribution in [3.05, 3.63) is 130 Å². The second kappa shape index (κ2) is 19.0. The van der Waals surface area contributed by atoms with Crippen LogP contribution in [0.2, 0.25) is 5.02 Å². The topological polar surface area (TPSA) is 129 Å². The number of hydrogen-bond donors (Lipinski definition) is 4. The van der Waals surface area contributed by atoms with Crippen LogP contribution in [0.25, 0.3) is 11.1 Å². The Hall–Kier alpha value is -4.09. The minimum atomic E-state index is -0.876. The molecule has 2 aliphatic rings. The van der Waals surface area contributed by atoms with Crippen LogP contribution in [0.1, 0.15) is 98.0 Å². The maximum Gasteiger partial charge on any atom is 0.303 e. The van der Waals surface area contributed by atoms with Crippen molar-refractivity contribution in [2.24, 2.45) is 0 Å². The van der Waals surface area contributed by atoms with Gasteiger partial charge in [0.2, 0.25) is 5.91 Å². The molecule has 2 aliphatic heterocycles. The third kappa shape index (κ3) is 11.0. The normalized spacial score (nSPS) is 20.0. The second-order valence-corrected chi connectivity index (χ2v) is 15.0. The summed E-state index contributed by atoms with van der Waals surface area (Å²) in [5.74, 6) is -0.782.